The fourth-order valence-corrected chi connectivity index (χ4v) is 1.94. The zero-order chi connectivity index (χ0) is 10.6. The molecule has 0 spiro atoms. The topological polar surface area (TPSA) is 52.9 Å². The summed E-state index contributed by atoms with van der Waals surface area (Å²) >= 11 is 0. The SMILES string of the molecule is CCC(C#N)NC(=O)C1(C)CCCC1. The second-order valence-electron chi connectivity index (χ2n) is 4.33. The van der Waals surface area contributed by atoms with Gasteiger partial charge in [-0.15, -0.1) is 0 Å². The Kier molecular flexibility index (Phi) is 3.51. The molecule has 0 bridgehead atoms. The molecular weight excluding hydrogens is 176 g/mol. The summed E-state index contributed by atoms with van der Waals surface area (Å²) in [6, 6.07) is 1.77. The lowest BCUT2D eigenvalue weighted by atomic mass is 9.87. The van der Waals surface area contributed by atoms with Crippen molar-refractivity contribution in [2.45, 2.75) is 52.0 Å². The highest BCUT2D eigenvalue weighted by Gasteiger charge is 2.36. The van der Waals surface area contributed by atoms with Crippen molar-refractivity contribution in [2.24, 2.45) is 5.41 Å². The summed E-state index contributed by atoms with van der Waals surface area (Å²) in [5, 5.41) is 11.5. The van der Waals surface area contributed by atoms with E-state index in [2.05, 4.69) is 11.4 Å². The number of hydrogen-bond donors (Lipinski definition) is 1. The van der Waals surface area contributed by atoms with Gasteiger partial charge in [0.25, 0.3) is 0 Å². The van der Waals surface area contributed by atoms with Crippen LogP contribution < -0.4 is 5.32 Å². The molecule has 3 heteroatoms. The summed E-state index contributed by atoms with van der Waals surface area (Å²) in [6.45, 7) is 3.91. The Hall–Kier alpha value is -1.04. The summed E-state index contributed by atoms with van der Waals surface area (Å²) < 4.78 is 0. The van der Waals surface area contributed by atoms with Crippen LogP contribution in [0.2, 0.25) is 0 Å². The van der Waals surface area contributed by atoms with E-state index in [1.165, 1.54) is 0 Å². The van der Waals surface area contributed by atoms with E-state index in [0.717, 1.165) is 25.7 Å². The van der Waals surface area contributed by atoms with Crippen LogP contribution in [-0.2, 0) is 4.79 Å². The number of nitrogens with zero attached hydrogens (tertiary/aromatic N) is 1. The van der Waals surface area contributed by atoms with E-state index in [1.54, 1.807) is 0 Å². The summed E-state index contributed by atoms with van der Waals surface area (Å²) in [6.07, 6.45) is 4.86. The fourth-order valence-electron chi connectivity index (χ4n) is 1.94. The van der Waals surface area contributed by atoms with E-state index in [-0.39, 0.29) is 17.4 Å². The van der Waals surface area contributed by atoms with E-state index in [4.69, 9.17) is 5.26 Å². The molecule has 0 aromatic heterocycles. The van der Waals surface area contributed by atoms with Crippen LogP contribution in [0.3, 0.4) is 0 Å². The van der Waals surface area contributed by atoms with Crippen LogP contribution in [0.25, 0.3) is 0 Å². The Labute approximate surface area is 85.5 Å². The van der Waals surface area contributed by atoms with Crippen LogP contribution >= 0.6 is 0 Å². The lowest BCUT2D eigenvalue weighted by Crippen LogP contribution is -2.42. The first-order valence-corrected chi connectivity index (χ1v) is 5.33. The molecule has 1 aliphatic rings. The van der Waals surface area contributed by atoms with Gasteiger partial charge in [0.2, 0.25) is 5.91 Å². The Morgan fingerprint density at radius 1 is 1.57 bits per heavy atom. The minimum atomic E-state index is -0.320. The van der Waals surface area contributed by atoms with E-state index in [1.807, 2.05) is 13.8 Å². The van der Waals surface area contributed by atoms with Gasteiger partial charge < -0.3 is 5.32 Å². The zero-order valence-electron chi connectivity index (χ0n) is 8.97. The maximum Gasteiger partial charge on any atom is 0.226 e. The van der Waals surface area contributed by atoms with Gasteiger partial charge in [-0.3, -0.25) is 4.79 Å². The first-order chi connectivity index (χ1) is 6.62. The third-order valence-corrected chi connectivity index (χ3v) is 3.12. The van der Waals surface area contributed by atoms with Gasteiger partial charge in [-0.05, 0) is 19.3 Å². The minimum Gasteiger partial charge on any atom is -0.340 e. The summed E-state index contributed by atoms with van der Waals surface area (Å²) in [5.74, 6) is 0.0587. The van der Waals surface area contributed by atoms with Gasteiger partial charge in [-0.25, -0.2) is 0 Å². The predicted molar refractivity (Wildman–Crippen MR) is 54.4 cm³/mol. The standard InChI is InChI=1S/C11H18N2O/c1-3-9(8-12)13-10(14)11(2)6-4-5-7-11/h9H,3-7H2,1-2H3,(H,13,14). The van der Waals surface area contributed by atoms with Crippen LogP contribution in [-0.4, -0.2) is 11.9 Å². The van der Waals surface area contributed by atoms with Gasteiger partial charge in [0.15, 0.2) is 0 Å². The van der Waals surface area contributed by atoms with Crippen molar-refractivity contribution >= 4 is 5.91 Å². The lowest BCUT2D eigenvalue weighted by molar-refractivity contribution is -0.130. The molecule has 1 fully saturated rings. The number of hydrogen-bond acceptors (Lipinski definition) is 2. The second-order valence-corrected chi connectivity index (χ2v) is 4.33. The van der Waals surface area contributed by atoms with Crippen molar-refractivity contribution in [1.29, 1.82) is 5.26 Å². The Balaban J connectivity index is 2.53. The fraction of sp³-hybridized carbons (Fsp3) is 0.818. The van der Waals surface area contributed by atoms with Crippen molar-refractivity contribution in [3.63, 3.8) is 0 Å². The number of nitrogens with one attached hydrogen (secondary N) is 1. The van der Waals surface area contributed by atoms with Gasteiger partial charge in [0, 0.05) is 5.41 Å². The summed E-state index contributed by atoms with van der Waals surface area (Å²) in [7, 11) is 0. The number of nitriles is 1. The molecule has 0 radical (unpaired) electrons. The molecule has 0 aromatic rings. The first kappa shape index (κ1) is 11.0. The van der Waals surface area contributed by atoms with Crippen molar-refractivity contribution in [3.8, 4) is 6.07 Å². The van der Waals surface area contributed by atoms with Crippen LogP contribution in [0.1, 0.15) is 46.0 Å². The van der Waals surface area contributed by atoms with Gasteiger partial charge in [-0.2, -0.15) is 5.26 Å². The molecule has 3 nitrogen and oxygen atoms in total. The molecular formula is C11H18N2O. The number of amides is 1. The number of carbonyl (C=O) groups excluding carboxylic acids is 1. The molecule has 1 amide bonds. The molecule has 0 aromatic carbocycles. The molecule has 1 aliphatic carbocycles. The van der Waals surface area contributed by atoms with Crippen molar-refractivity contribution in [3.05, 3.63) is 0 Å². The third-order valence-electron chi connectivity index (χ3n) is 3.12. The van der Waals surface area contributed by atoms with E-state index < -0.39 is 0 Å². The summed E-state index contributed by atoms with van der Waals surface area (Å²) in [4.78, 5) is 11.8. The zero-order valence-corrected chi connectivity index (χ0v) is 8.97. The van der Waals surface area contributed by atoms with E-state index in [0.29, 0.717) is 6.42 Å². The molecule has 0 aliphatic heterocycles. The summed E-state index contributed by atoms with van der Waals surface area (Å²) in [5.41, 5.74) is -0.218. The smallest absolute Gasteiger partial charge is 0.226 e. The normalized spacial score (nSPS) is 21.2. The molecule has 0 heterocycles. The largest absolute Gasteiger partial charge is 0.340 e. The maximum atomic E-state index is 11.8. The van der Waals surface area contributed by atoms with Crippen LogP contribution in [0.5, 0.6) is 0 Å². The number of rotatable bonds is 3. The monoisotopic (exact) mass is 194 g/mol. The van der Waals surface area contributed by atoms with Gasteiger partial charge >= 0.3 is 0 Å². The Morgan fingerprint density at radius 3 is 2.57 bits per heavy atom. The minimum absolute atomic E-state index is 0.0587. The highest BCUT2D eigenvalue weighted by Crippen LogP contribution is 2.37. The molecule has 1 atom stereocenters. The van der Waals surface area contributed by atoms with Crippen LogP contribution in [0.15, 0.2) is 0 Å². The molecule has 1 N–H and O–H groups in total. The van der Waals surface area contributed by atoms with Gasteiger partial charge in [0.05, 0.1) is 6.07 Å². The van der Waals surface area contributed by atoms with Crippen LogP contribution in [0.4, 0.5) is 0 Å². The molecule has 0 saturated heterocycles. The quantitative estimate of drug-likeness (QED) is 0.747. The van der Waals surface area contributed by atoms with E-state index >= 15 is 0 Å². The van der Waals surface area contributed by atoms with Gasteiger partial charge in [0.1, 0.15) is 6.04 Å². The number of carbonyl (C=O) groups is 1. The highest BCUT2D eigenvalue weighted by molar-refractivity contribution is 5.83. The first-order valence-electron chi connectivity index (χ1n) is 5.33. The van der Waals surface area contributed by atoms with Crippen molar-refractivity contribution in [1.82, 2.24) is 5.32 Å². The Morgan fingerprint density at radius 2 is 2.14 bits per heavy atom. The predicted octanol–water partition coefficient (Wildman–Crippen LogP) is 1.99. The van der Waals surface area contributed by atoms with Gasteiger partial charge in [-0.1, -0.05) is 26.7 Å². The molecule has 78 valence electrons. The lowest BCUT2D eigenvalue weighted by Gasteiger charge is -2.23. The van der Waals surface area contributed by atoms with Crippen molar-refractivity contribution in [2.75, 3.05) is 0 Å². The molecule has 1 unspecified atom stereocenters. The Bertz CT molecular complexity index is 249. The van der Waals surface area contributed by atoms with E-state index in [9.17, 15) is 4.79 Å². The van der Waals surface area contributed by atoms with Crippen LogP contribution in [0, 0.1) is 16.7 Å². The van der Waals surface area contributed by atoms with Crippen molar-refractivity contribution < 1.29 is 4.79 Å². The molecule has 1 rings (SSSR count). The highest BCUT2D eigenvalue weighted by atomic mass is 16.2. The average molecular weight is 194 g/mol. The third kappa shape index (κ3) is 2.25. The molecule has 1 saturated carbocycles. The second kappa shape index (κ2) is 4.45. The molecule has 14 heavy (non-hydrogen) atoms. The average Bonchev–Trinajstić information content (AvgIpc) is 2.62. The maximum absolute atomic E-state index is 11.8.